The number of para-hydroxylation sites is 4. The van der Waals surface area contributed by atoms with E-state index in [9.17, 15) is 0 Å². The summed E-state index contributed by atoms with van der Waals surface area (Å²) in [5, 5.41) is 12.7. The Balaban J connectivity index is 0.000000121. The van der Waals surface area contributed by atoms with Gasteiger partial charge >= 0.3 is 7.12 Å². The van der Waals surface area contributed by atoms with Gasteiger partial charge in [0.2, 0.25) is 0 Å². The molecule has 13 rings (SSSR count). The Kier molecular flexibility index (Phi) is 11.5. The second-order valence-corrected chi connectivity index (χ2v) is 18.7. The van der Waals surface area contributed by atoms with E-state index in [1.807, 2.05) is 115 Å². The van der Waals surface area contributed by atoms with Crippen LogP contribution in [0.4, 0.5) is 0 Å². The molecule has 1 fully saturated rings. The lowest BCUT2D eigenvalue weighted by Gasteiger charge is -2.32. The van der Waals surface area contributed by atoms with Gasteiger partial charge in [0.25, 0.3) is 0 Å². The van der Waals surface area contributed by atoms with Crippen LogP contribution in [-0.4, -0.2) is 28.3 Å². The summed E-state index contributed by atoms with van der Waals surface area (Å²) in [6, 6.07) is 56.5. The van der Waals surface area contributed by atoms with Gasteiger partial charge in [-0.05, 0) is 91.7 Å². The van der Waals surface area contributed by atoms with E-state index in [-0.39, 0.29) is 18.6 Å². The van der Waals surface area contributed by atoms with Crippen molar-refractivity contribution >= 4 is 135 Å². The summed E-state index contributed by atoms with van der Waals surface area (Å²) in [4.78, 5) is 9.20. The lowest BCUT2D eigenvalue weighted by Crippen LogP contribution is -2.41. The van der Waals surface area contributed by atoms with Crippen LogP contribution in [0.5, 0.6) is 0 Å². The predicted octanol–water partition coefficient (Wildman–Crippen LogP) is 16.8. The predicted molar refractivity (Wildman–Crippen MR) is 282 cm³/mol. The third-order valence-electron chi connectivity index (χ3n) is 12.9. The molecule has 12 aromatic rings. The monoisotopic (exact) mass is 936 g/mol. The van der Waals surface area contributed by atoms with Crippen molar-refractivity contribution in [2.45, 2.75) is 46.3 Å². The summed E-state index contributed by atoms with van der Waals surface area (Å²) in [7, 11) is -0.408. The number of furan rings is 2. The maximum absolute atomic E-state index is 6.75. The zero-order valence-corrected chi connectivity index (χ0v) is 38.7. The quantitative estimate of drug-likeness (QED) is 0.0977. The van der Waals surface area contributed by atoms with E-state index in [1.165, 1.54) is 0 Å². The highest BCUT2D eigenvalue weighted by Crippen LogP contribution is 2.40. The standard InChI is InChI=1S/C25H14ClNO.C18H19BO3.C13H7Cl2N.CH4/c26-20-14-22(27-21-13-12-15-6-1-2-7-16(15)24(20)21)19-10-5-9-18-17-8-3-4-11-23(17)28-25(18)19;1-17(2)18(3,4)22-19(21-17)14-10-7-9-13-12-8-5-6-11-15(12)20-16(13)14;14-10-7-12(15)16-11-6-5-8-3-1-2-4-9(8)13(10)11;/h1-14H;5-11H,1-4H3;1-7H;1H4. The molecule has 0 atom stereocenters. The molecule has 5 heterocycles. The number of fused-ring (bicyclic) bond motifs is 12. The molecule has 0 aliphatic carbocycles. The van der Waals surface area contributed by atoms with Crippen molar-refractivity contribution in [3.05, 3.63) is 185 Å². The number of benzene rings is 8. The summed E-state index contributed by atoms with van der Waals surface area (Å²) in [5.41, 5.74) is 7.18. The number of halogens is 3. The number of pyridine rings is 2. The largest absolute Gasteiger partial charge is 0.498 e. The van der Waals surface area contributed by atoms with Crippen LogP contribution < -0.4 is 5.46 Å². The zero-order chi connectivity index (χ0) is 45.3. The molecule has 1 aliphatic rings. The molecule has 0 radical (unpaired) electrons. The first kappa shape index (κ1) is 44.4. The number of hydrogen-bond acceptors (Lipinski definition) is 6. The smallest absolute Gasteiger partial charge is 0.456 e. The highest BCUT2D eigenvalue weighted by molar-refractivity contribution is 6.65. The highest BCUT2D eigenvalue weighted by atomic mass is 35.5. The maximum Gasteiger partial charge on any atom is 0.498 e. The van der Waals surface area contributed by atoms with Gasteiger partial charge in [-0.2, -0.15) is 0 Å². The first-order valence-electron chi connectivity index (χ1n) is 21.7. The minimum Gasteiger partial charge on any atom is -0.456 e. The summed E-state index contributed by atoms with van der Waals surface area (Å²) in [5.74, 6) is 0. The van der Waals surface area contributed by atoms with Gasteiger partial charge in [-0.3, -0.25) is 0 Å². The molecule has 10 heteroatoms. The van der Waals surface area contributed by atoms with Crippen LogP contribution in [0.3, 0.4) is 0 Å². The molecule has 1 saturated heterocycles. The average Bonchev–Trinajstić information content (AvgIpc) is 3.96. The van der Waals surface area contributed by atoms with Crippen molar-refractivity contribution in [1.82, 2.24) is 9.97 Å². The van der Waals surface area contributed by atoms with E-state index in [4.69, 9.17) is 57.9 Å². The number of aromatic nitrogens is 2. The van der Waals surface area contributed by atoms with Gasteiger partial charge in [0.1, 0.15) is 27.5 Å². The molecule has 4 aromatic heterocycles. The average molecular weight is 938 g/mol. The molecule has 0 spiro atoms. The molecular weight excluding hydrogens is 894 g/mol. The second kappa shape index (κ2) is 17.3. The van der Waals surface area contributed by atoms with Crippen molar-refractivity contribution in [3.63, 3.8) is 0 Å². The van der Waals surface area contributed by atoms with Crippen LogP contribution in [0, 0.1) is 0 Å². The molecule has 0 bridgehead atoms. The molecule has 1 aliphatic heterocycles. The van der Waals surface area contributed by atoms with Crippen LogP contribution in [0.15, 0.2) is 179 Å². The van der Waals surface area contributed by atoms with E-state index in [0.717, 1.165) is 104 Å². The number of hydrogen-bond donors (Lipinski definition) is 0. The number of nitrogens with zero attached hydrogens (tertiary/aromatic N) is 2. The van der Waals surface area contributed by atoms with E-state index in [0.29, 0.717) is 15.2 Å². The topological polar surface area (TPSA) is 70.5 Å². The SMILES string of the molecule is C.CC1(C)OB(c2cccc3c2oc2ccccc23)OC1(C)C.Clc1cc(-c2cccc3c2oc2ccccc23)nc2ccc3ccccc3c12.Clc1cc(Cl)c2c(ccc3ccccc32)n1. The van der Waals surface area contributed by atoms with Gasteiger partial charge in [-0.1, -0.05) is 170 Å². The van der Waals surface area contributed by atoms with E-state index in [2.05, 4.69) is 81.2 Å². The Morgan fingerprint density at radius 1 is 0.448 bits per heavy atom. The summed E-state index contributed by atoms with van der Waals surface area (Å²) in [6.45, 7) is 8.25. The molecule has 0 amide bonds. The fourth-order valence-corrected chi connectivity index (χ4v) is 9.76. The van der Waals surface area contributed by atoms with E-state index < -0.39 is 7.12 Å². The van der Waals surface area contributed by atoms with Crippen molar-refractivity contribution < 1.29 is 18.1 Å². The van der Waals surface area contributed by atoms with Crippen molar-refractivity contribution in [3.8, 4) is 11.3 Å². The summed E-state index contributed by atoms with van der Waals surface area (Å²) < 4.78 is 24.6. The Labute approximate surface area is 403 Å². The summed E-state index contributed by atoms with van der Waals surface area (Å²) in [6.07, 6.45) is 0. The van der Waals surface area contributed by atoms with Gasteiger partial charge in [0, 0.05) is 43.3 Å². The van der Waals surface area contributed by atoms with Crippen LogP contribution in [0.1, 0.15) is 35.1 Å². The third-order valence-corrected chi connectivity index (χ3v) is 13.7. The number of rotatable bonds is 2. The molecular formula is C57H44BCl3N2O4. The van der Waals surface area contributed by atoms with E-state index in [1.54, 1.807) is 6.07 Å². The minimum absolute atomic E-state index is 0. The van der Waals surface area contributed by atoms with Crippen molar-refractivity contribution in [2.24, 2.45) is 0 Å². The molecule has 0 N–H and O–H groups in total. The van der Waals surface area contributed by atoms with E-state index >= 15 is 0 Å². The van der Waals surface area contributed by atoms with Gasteiger partial charge < -0.3 is 18.1 Å². The molecule has 0 unspecified atom stereocenters. The lowest BCUT2D eigenvalue weighted by atomic mass is 9.78. The molecule has 6 nitrogen and oxygen atoms in total. The fourth-order valence-electron chi connectivity index (χ4n) is 8.90. The Hall–Kier alpha value is -6.45. The van der Waals surface area contributed by atoms with Crippen molar-refractivity contribution in [1.29, 1.82) is 0 Å². The van der Waals surface area contributed by atoms with Gasteiger partial charge in [0.05, 0.1) is 38.0 Å². The lowest BCUT2D eigenvalue weighted by molar-refractivity contribution is 0.00578. The maximum atomic E-state index is 6.75. The Bertz CT molecular complexity index is 3850. The van der Waals surface area contributed by atoms with Gasteiger partial charge in [-0.25, -0.2) is 9.97 Å². The van der Waals surface area contributed by atoms with Crippen LogP contribution in [0.2, 0.25) is 15.2 Å². The molecule has 0 saturated carbocycles. The fraction of sp³-hybridized carbons (Fsp3) is 0.123. The van der Waals surface area contributed by atoms with Gasteiger partial charge in [0.15, 0.2) is 0 Å². The van der Waals surface area contributed by atoms with Crippen LogP contribution >= 0.6 is 34.8 Å². The second-order valence-electron chi connectivity index (χ2n) is 17.5. The molecule has 8 aromatic carbocycles. The van der Waals surface area contributed by atoms with Crippen LogP contribution in [0.25, 0.3) is 98.5 Å². The minimum atomic E-state index is -0.408. The molecule has 67 heavy (non-hydrogen) atoms. The molecule has 330 valence electrons. The van der Waals surface area contributed by atoms with Crippen molar-refractivity contribution in [2.75, 3.05) is 0 Å². The zero-order valence-electron chi connectivity index (χ0n) is 36.4. The van der Waals surface area contributed by atoms with Gasteiger partial charge in [-0.15, -0.1) is 0 Å². The highest BCUT2D eigenvalue weighted by Gasteiger charge is 2.52. The Morgan fingerprint density at radius 2 is 0.910 bits per heavy atom. The normalized spacial score (nSPS) is 14.2. The first-order valence-corrected chi connectivity index (χ1v) is 22.9. The first-order chi connectivity index (χ1) is 31.9. The summed E-state index contributed by atoms with van der Waals surface area (Å²) >= 11 is 18.8. The third kappa shape index (κ3) is 7.85. The Morgan fingerprint density at radius 3 is 1.51 bits per heavy atom. The van der Waals surface area contributed by atoms with Crippen LogP contribution in [-0.2, 0) is 9.31 Å².